The molecular formula is C16H18FNO2. The van der Waals surface area contributed by atoms with Crippen molar-refractivity contribution in [2.24, 2.45) is 5.73 Å². The van der Waals surface area contributed by atoms with Gasteiger partial charge >= 0.3 is 0 Å². The lowest BCUT2D eigenvalue weighted by atomic mass is 10.1. The van der Waals surface area contributed by atoms with Gasteiger partial charge in [0.1, 0.15) is 0 Å². The number of hydrogen-bond acceptors (Lipinski definition) is 3. The zero-order valence-electron chi connectivity index (χ0n) is 11.7. The predicted molar refractivity (Wildman–Crippen MR) is 76.7 cm³/mol. The van der Waals surface area contributed by atoms with E-state index in [1.54, 1.807) is 25.3 Å². The largest absolute Gasteiger partial charge is 0.493 e. The van der Waals surface area contributed by atoms with Crippen LogP contribution in [-0.2, 0) is 13.0 Å². The smallest absolute Gasteiger partial charge is 0.169 e. The number of benzene rings is 2. The van der Waals surface area contributed by atoms with Crippen LogP contribution < -0.4 is 15.2 Å². The van der Waals surface area contributed by atoms with Crippen molar-refractivity contribution in [2.45, 2.75) is 19.9 Å². The second kappa shape index (κ2) is 6.39. The van der Waals surface area contributed by atoms with Gasteiger partial charge < -0.3 is 15.2 Å². The molecule has 2 rings (SSSR count). The highest BCUT2D eigenvalue weighted by Crippen LogP contribution is 2.33. The fraction of sp³-hybridized carbons (Fsp3) is 0.250. The van der Waals surface area contributed by atoms with E-state index in [0.717, 1.165) is 17.5 Å². The molecule has 0 atom stereocenters. The summed E-state index contributed by atoms with van der Waals surface area (Å²) in [5, 5.41) is 0. The standard InChI is InChI=1S/C16H18FNO2/c1-3-11-4-7-15(16(9-11)19-2)20-14-6-5-12(10-18)8-13(14)17/h4-9H,3,10,18H2,1-2H3. The van der Waals surface area contributed by atoms with E-state index in [1.165, 1.54) is 6.07 Å². The van der Waals surface area contributed by atoms with Crippen LogP contribution in [0.15, 0.2) is 36.4 Å². The molecule has 0 aromatic heterocycles. The van der Waals surface area contributed by atoms with E-state index in [0.29, 0.717) is 18.0 Å². The zero-order chi connectivity index (χ0) is 14.5. The summed E-state index contributed by atoms with van der Waals surface area (Å²) in [6.07, 6.45) is 0.899. The van der Waals surface area contributed by atoms with E-state index in [9.17, 15) is 4.39 Å². The van der Waals surface area contributed by atoms with Crippen LogP contribution in [0.25, 0.3) is 0 Å². The summed E-state index contributed by atoms with van der Waals surface area (Å²) < 4.78 is 24.7. The Labute approximate surface area is 118 Å². The van der Waals surface area contributed by atoms with Gasteiger partial charge in [-0.05, 0) is 41.8 Å². The molecule has 0 bridgehead atoms. The van der Waals surface area contributed by atoms with Crippen LogP contribution in [0.5, 0.6) is 17.2 Å². The van der Waals surface area contributed by atoms with Crippen molar-refractivity contribution < 1.29 is 13.9 Å². The molecular weight excluding hydrogens is 257 g/mol. The molecule has 0 radical (unpaired) electrons. The second-order valence-corrected chi connectivity index (χ2v) is 4.41. The summed E-state index contributed by atoms with van der Waals surface area (Å²) in [6, 6.07) is 10.3. The van der Waals surface area contributed by atoms with E-state index < -0.39 is 5.82 Å². The fourth-order valence-electron chi connectivity index (χ4n) is 1.89. The van der Waals surface area contributed by atoms with Crippen molar-refractivity contribution in [2.75, 3.05) is 7.11 Å². The molecule has 0 saturated carbocycles. The number of hydrogen-bond donors (Lipinski definition) is 1. The van der Waals surface area contributed by atoms with Gasteiger partial charge in [-0.3, -0.25) is 0 Å². The Balaban J connectivity index is 2.29. The third-order valence-electron chi connectivity index (χ3n) is 3.09. The Hall–Kier alpha value is -2.07. The first kappa shape index (κ1) is 14.3. The Bertz CT molecular complexity index is 599. The van der Waals surface area contributed by atoms with E-state index >= 15 is 0 Å². The molecule has 0 unspecified atom stereocenters. The molecule has 4 heteroatoms. The number of aryl methyl sites for hydroxylation is 1. The first-order chi connectivity index (χ1) is 9.67. The summed E-state index contributed by atoms with van der Waals surface area (Å²) in [6.45, 7) is 2.35. The van der Waals surface area contributed by atoms with Crippen molar-refractivity contribution in [3.8, 4) is 17.2 Å². The highest BCUT2D eigenvalue weighted by Gasteiger charge is 2.10. The summed E-state index contributed by atoms with van der Waals surface area (Å²) in [5.74, 6) is 0.801. The highest BCUT2D eigenvalue weighted by molar-refractivity contribution is 5.46. The monoisotopic (exact) mass is 275 g/mol. The van der Waals surface area contributed by atoms with Crippen LogP contribution in [-0.4, -0.2) is 7.11 Å². The van der Waals surface area contributed by atoms with Gasteiger partial charge in [0.2, 0.25) is 0 Å². The normalized spacial score (nSPS) is 10.4. The second-order valence-electron chi connectivity index (χ2n) is 4.41. The fourth-order valence-corrected chi connectivity index (χ4v) is 1.89. The molecule has 20 heavy (non-hydrogen) atoms. The van der Waals surface area contributed by atoms with Gasteiger partial charge in [0.25, 0.3) is 0 Å². The lowest BCUT2D eigenvalue weighted by Crippen LogP contribution is -1.98. The Morgan fingerprint density at radius 1 is 1.00 bits per heavy atom. The minimum Gasteiger partial charge on any atom is -0.493 e. The van der Waals surface area contributed by atoms with Crippen LogP contribution in [0.2, 0.25) is 0 Å². The molecule has 0 aliphatic carbocycles. The maximum absolute atomic E-state index is 13.9. The Morgan fingerprint density at radius 2 is 1.70 bits per heavy atom. The first-order valence-electron chi connectivity index (χ1n) is 6.51. The number of halogens is 1. The van der Waals surface area contributed by atoms with E-state index in [2.05, 4.69) is 6.92 Å². The summed E-state index contributed by atoms with van der Waals surface area (Å²) in [4.78, 5) is 0. The molecule has 0 saturated heterocycles. The lowest BCUT2D eigenvalue weighted by Gasteiger charge is -2.12. The summed E-state index contributed by atoms with van der Waals surface area (Å²) in [5.41, 5.74) is 7.33. The molecule has 0 aliphatic rings. The van der Waals surface area contributed by atoms with Gasteiger partial charge in [0.05, 0.1) is 7.11 Å². The molecule has 3 nitrogen and oxygen atoms in total. The molecule has 2 aromatic carbocycles. The van der Waals surface area contributed by atoms with Crippen LogP contribution in [0.4, 0.5) is 4.39 Å². The van der Waals surface area contributed by atoms with Crippen molar-refractivity contribution in [3.63, 3.8) is 0 Å². The topological polar surface area (TPSA) is 44.5 Å². The molecule has 2 N–H and O–H groups in total. The SMILES string of the molecule is CCc1ccc(Oc2ccc(CN)cc2F)c(OC)c1. The quantitative estimate of drug-likeness (QED) is 0.906. The van der Waals surface area contributed by atoms with E-state index in [4.69, 9.17) is 15.2 Å². The lowest BCUT2D eigenvalue weighted by molar-refractivity contribution is 0.370. The van der Waals surface area contributed by atoms with Crippen molar-refractivity contribution in [1.82, 2.24) is 0 Å². The predicted octanol–water partition coefficient (Wildman–Crippen LogP) is 3.65. The minimum absolute atomic E-state index is 0.157. The first-order valence-corrected chi connectivity index (χ1v) is 6.51. The van der Waals surface area contributed by atoms with Crippen molar-refractivity contribution in [3.05, 3.63) is 53.3 Å². The molecule has 0 heterocycles. The van der Waals surface area contributed by atoms with Crippen LogP contribution in [0, 0.1) is 5.82 Å². The third kappa shape index (κ3) is 3.08. The van der Waals surface area contributed by atoms with Gasteiger partial charge in [0, 0.05) is 6.54 Å². The molecule has 0 amide bonds. The van der Waals surface area contributed by atoms with Crippen LogP contribution in [0.1, 0.15) is 18.1 Å². The number of methoxy groups -OCH3 is 1. The number of nitrogens with two attached hydrogens (primary N) is 1. The molecule has 2 aromatic rings. The molecule has 0 aliphatic heterocycles. The highest BCUT2D eigenvalue weighted by atomic mass is 19.1. The Morgan fingerprint density at radius 3 is 2.30 bits per heavy atom. The summed E-state index contributed by atoms with van der Waals surface area (Å²) in [7, 11) is 1.56. The van der Waals surface area contributed by atoms with Gasteiger partial charge in [-0.2, -0.15) is 0 Å². The van der Waals surface area contributed by atoms with Gasteiger partial charge in [-0.15, -0.1) is 0 Å². The maximum Gasteiger partial charge on any atom is 0.169 e. The van der Waals surface area contributed by atoms with E-state index in [-0.39, 0.29) is 5.75 Å². The van der Waals surface area contributed by atoms with Gasteiger partial charge in [-0.25, -0.2) is 4.39 Å². The van der Waals surface area contributed by atoms with Gasteiger partial charge in [0.15, 0.2) is 23.1 Å². The average molecular weight is 275 g/mol. The van der Waals surface area contributed by atoms with Crippen LogP contribution >= 0.6 is 0 Å². The third-order valence-corrected chi connectivity index (χ3v) is 3.09. The maximum atomic E-state index is 13.9. The van der Waals surface area contributed by atoms with Gasteiger partial charge in [-0.1, -0.05) is 19.1 Å². The van der Waals surface area contributed by atoms with Crippen molar-refractivity contribution in [1.29, 1.82) is 0 Å². The summed E-state index contributed by atoms with van der Waals surface area (Å²) >= 11 is 0. The molecule has 0 spiro atoms. The van der Waals surface area contributed by atoms with Crippen LogP contribution in [0.3, 0.4) is 0 Å². The number of rotatable bonds is 5. The Kier molecular flexibility index (Phi) is 4.58. The van der Waals surface area contributed by atoms with E-state index in [1.807, 2.05) is 12.1 Å². The number of ether oxygens (including phenoxy) is 2. The molecule has 0 fully saturated rings. The zero-order valence-corrected chi connectivity index (χ0v) is 11.7. The minimum atomic E-state index is -0.436. The molecule has 106 valence electrons. The average Bonchev–Trinajstić information content (AvgIpc) is 2.49. The van der Waals surface area contributed by atoms with Crippen molar-refractivity contribution >= 4 is 0 Å².